The van der Waals surface area contributed by atoms with Crippen molar-refractivity contribution < 1.29 is 9.52 Å². The minimum absolute atomic E-state index is 0.110. The van der Waals surface area contributed by atoms with E-state index in [-0.39, 0.29) is 5.75 Å². The van der Waals surface area contributed by atoms with Gasteiger partial charge < -0.3 is 19.8 Å². The van der Waals surface area contributed by atoms with E-state index in [2.05, 4.69) is 18.7 Å². The smallest absolute Gasteiger partial charge is 0.156 e. The average Bonchev–Trinajstić information content (AvgIpc) is 2.61. The van der Waals surface area contributed by atoms with Gasteiger partial charge in [0.25, 0.3) is 0 Å². The lowest BCUT2D eigenvalue weighted by Gasteiger charge is -2.21. The first-order valence-corrected chi connectivity index (χ1v) is 8.41. The van der Waals surface area contributed by atoms with E-state index in [1.807, 2.05) is 24.3 Å². The Hall–Kier alpha value is -3.08. The quantitative estimate of drug-likeness (QED) is 0.437. The van der Waals surface area contributed by atoms with E-state index < -0.39 is 0 Å². The zero-order valence-electron chi connectivity index (χ0n) is 14.2. The standard InChI is InChI=1S/C20H19N3O2/c1-3-23(4-2)12-8-9-15-17(10-12)25-18-11-14(21)13-6-5-7-16(24)19(13)20(18)22-15/h5-11,21,24H,3-4H2,1-2H3. The Balaban J connectivity index is 2.05. The summed E-state index contributed by atoms with van der Waals surface area (Å²) >= 11 is 0. The van der Waals surface area contributed by atoms with Gasteiger partial charge in [0.1, 0.15) is 17.0 Å². The van der Waals surface area contributed by atoms with Gasteiger partial charge in [0.05, 0.1) is 10.7 Å². The van der Waals surface area contributed by atoms with Crippen LogP contribution in [0.3, 0.4) is 0 Å². The Morgan fingerprint density at radius 1 is 1.12 bits per heavy atom. The van der Waals surface area contributed by atoms with Gasteiger partial charge in [-0.25, -0.2) is 4.98 Å². The molecule has 0 aromatic heterocycles. The van der Waals surface area contributed by atoms with Crippen LogP contribution in [0.2, 0.25) is 0 Å². The van der Waals surface area contributed by atoms with Gasteiger partial charge in [0, 0.05) is 36.3 Å². The van der Waals surface area contributed by atoms with E-state index in [1.165, 1.54) is 0 Å². The third kappa shape index (κ3) is 2.39. The summed E-state index contributed by atoms with van der Waals surface area (Å²) in [5.74, 6) is 0.613. The van der Waals surface area contributed by atoms with Gasteiger partial charge in [-0.3, -0.25) is 0 Å². The van der Waals surface area contributed by atoms with Crippen LogP contribution in [0.25, 0.3) is 33.3 Å². The maximum atomic E-state index is 10.3. The molecular formula is C20H19N3O2. The summed E-state index contributed by atoms with van der Waals surface area (Å²) in [6, 6.07) is 12.8. The molecule has 0 saturated heterocycles. The van der Waals surface area contributed by atoms with E-state index in [4.69, 9.17) is 14.8 Å². The fourth-order valence-corrected chi connectivity index (χ4v) is 3.30. The van der Waals surface area contributed by atoms with Crippen LogP contribution in [0.1, 0.15) is 13.8 Å². The topological polar surface area (TPSA) is 73.3 Å². The predicted octanol–water partition coefficient (Wildman–Crippen LogP) is 4.12. The van der Waals surface area contributed by atoms with Crippen molar-refractivity contribution in [2.45, 2.75) is 13.8 Å². The minimum Gasteiger partial charge on any atom is -0.507 e. The van der Waals surface area contributed by atoms with Crippen molar-refractivity contribution in [2.75, 3.05) is 18.0 Å². The van der Waals surface area contributed by atoms with Gasteiger partial charge in [-0.2, -0.15) is 0 Å². The van der Waals surface area contributed by atoms with Crippen LogP contribution in [0.15, 0.2) is 46.9 Å². The fraction of sp³-hybridized carbons (Fsp3) is 0.200. The van der Waals surface area contributed by atoms with Crippen LogP contribution >= 0.6 is 0 Å². The van der Waals surface area contributed by atoms with Crippen molar-refractivity contribution in [3.05, 3.63) is 47.8 Å². The number of benzene rings is 3. The van der Waals surface area contributed by atoms with Gasteiger partial charge in [0.15, 0.2) is 11.3 Å². The lowest BCUT2D eigenvalue weighted by Crippen LogP contribution is -2.21. The number of nitrogens with zero attached hydrogens (tertiary/aromatic N) is 2. The summed E-state index contributed by atoms with van der Waals surface area (Å²) < 4.78 is 6.05. The van der Waals surface area contributed by atoms with E-state index in [1.54, 1.807) is 18.2 Å². The number of aromatic nitrogens is 1. The fourth-order valence-electron chi connectivity index (χ4n) is 3.30. The summed E-state index contributed by atoms with van der Waals surface area (Å²) in [5.41, 5.74) is 3.06. The molecule has 2 aromatic rings. The molecule has 0 amide bonds. The summed E-state index contributed by atoms with van der Waals surface area (Å²) in [6.45, 7) is 6.06. The molecular weight excluding hydrogens is 314 g/mol. The molecule has 0 bridgehead atoms. The zero-order valence-corrected chi connectivity index (χ0v) is 14.2. The Kier molecular flexibility index (Phi) is 3.57. The van der Waals surface area contributed by atoms with E-state index >= 15 is 0 Å². The highest BCUT2D eigenvalue weighted by molar-refractivity contribution is 6.00. The Labute approximate surface area is 145 Å². The van der Waals surface area contributed by atoms with Gasteiger partial charge in [-0.05, 0) is 32.0 Å². The lowest BCUT2D eigenvalue weighted by atomic mass is 10.0. The molecule has 2 aliphatic rings. The maximum Gasteiger partial charge on any atom is 0.156 e. The highest BCUT2D eigenvalue weighted by Gasteiger charge is 2.17. The first-order valence-electron chi connectivity index (χ1n) is 8.41. The monoisotopic (exact) mass is 333 g/mol. The molecule has 5 heteroatoms. The normalized spacial score (nSPS) is 11.4. The SMILES string of the molecule is CCN(CC)c1ccc2nc3c4c(O)cccc4c(=N)cc-3oc2c1. The lowest BCUT2D eigenvalue weighted by molar-refractivity contribution is 0.481. The van der Waals surface area contributed by atoms with E-state index in [0.29, 0.717) is 33.2 Å². The second-order valence-corrected chi connectivity index (χ2v) is 6.01. The van der Waals surface area contributed by atoms with Crippen LogP contribution in [-0.2, 0) is 0 Å². The second-order valence-electron chi connectivity index (χ2n) is 6.01. The van der Waals surface area contributed by atoms with Crippen molar-refractivity contribution in [2.24, 2.45) is 0 Å². The highest BCUT2D eigenvalue weighted by Crippen LogP contribution is 2.35. The first kappa shape index (κ1) is 15.4. The average molecular weight is 333 g/mol. The van der Waals surface area contributed by atoms with Crippen molar-refractivity contribution >= 4 is 27.6 Å². The van der Waals surface area contributed by atoms with Gasteiger partial charge in [-0.1, -0.05) is 12.1 Å². The number of hydrogen-bond acceptors (Lipinski definition) is 5. The molecule has 0 radical (unpaired) electrons. The molecule has 0 unspecified atom stereocenters. The van der Waals surface area contributed by atoms with E-state index in [0.717, 1.165) is 24.3 Å². The van der Waals surface area contributed by atoms with Crippen LogP contribution in [0.4, 0.5) is 5.69 Å². The number of hydrogen-bond donors (Lipinski definition) is 2. The molecule has 1 heterocycles. The van der Waals surface area contributed by atoms with Crippen molar-refractivity contribution in [1.29, 1.82) is 5.41 Å². The van der Waals surface area contributed by atoms with Crippen LogP contribution < -0.4 is 10.3 Å². The largest absolute Gasteiger partial charge is 0.507 e. The van der Waals surface area contributed by atoms with Crippen LogP contribution in [-0.4, -0.2) is 23.2 Å². The molecule has 1 aliphatic carbocycles. The molecule has 4 rings (SSSR count). The van der Waals surface area contributed by atoms with Crippen molar-refractivity contribution in [3.63, 3.8) is 0 Å². The van der Waals surface area contributed by atoms with Crippen molar-refractivity contribution in [1.82, 2.24) is 4.98 Å². The molecule has 2 aromatic carbocycles. The first-order chi connectivity index (χ1) is 12.1. The number of aromatic hydroxyl groups is 1. The number of anilines is 1. The Bertz CT molecular complexity index is 1110. The molecule has 0 fully saturated rings. The third-order valence-corrected chi connectivity index (χ3v) is 4.60. The Morgan fingerprint density at radius 3 is 2.68 bits per heavy atom. The summed E-state index contributed by atoms with van der Waals surface area (Å²) in [6.07, 6.45) is 0. The third-order valence-electron chi connectivity index (χ3n) is 4.60. The van der Waals surface area contributed by atoms with Crippen molar-refractivity contribution in [3.8, 4) is 17.2 Å². The number of phenols is 1. The summed E-state index contributed by atoms with van der Waals surface area (Å²) in [4.78, 5) is 6.94. The zero-order chi connectivity index (χ0) is 17.6. The highest BCUT2D eigenvalue weighted by atomic mass is 16.3. The number of nitrogens with one attached hydrogen (secondary N) is 1. The molecule has 2 N–H and O–H groups in total. The van der Waals surface area contributed by atoms with Gasteiger partial charge >= 0.3 is 0 Å². The Morgan fingerprint density at radius 2 is 1.92 bits per heavy atom. The number of phenolic OH excluding ortho intramolecular Hbond substituents is 1. The molecule has 126 valence electrons. The van der Waals surface area contributed by atoms with Gasteiger partial charge in [0.2, 0.25) is 0 Å². The van der Waals surface area contributed by atoms with Crippen LogP contribution in [0.5, 0.6) is 5.75 Å². The summed E-state index contributed by atoms with van der Waals surface area (Å²) in [7, 11) is 0. The number of rotatable bonds is 3. The second kappa shape index (κ2) is 5.77. The molecule has 0 atom stereocenters. The molecule has 1 aliphatic heterocycles. The predicted molar refractivity (Wildman–Crippen MR) is 99.2 cm³/mol. The van der Waals surface area contributed by atoms with Gasteiger partial charge in [-0.15, -0.1) is 0 Å². The molecule has 0 spiro atoms. The minimum atomic E-state index is 0.110. The number of fused-ring (bicyclic) bond motifs is 4. The molecule has 5 nitrogen and oxygen atoms in total. The molecule has 0 saturated carbocycles. The summed E-state index contributed by atoms with van der Waals surface area (Å²) in [5, 5.41) is 20.0. The van der Waals surface area contributed by atoms with E-state index in [9.17, 15) is 5.11 Å². The molecule has 25 heavy (non-hydrogen) atoms. The van der Waals surface area contributed by atoms with Crippen LogP contribution in [0, 0.1) is 5.41 Å². The maximum absolute atomic E-state index is 10.3.